The molecule has 2 atom stereocenters. The van der Waals surface area contributed by atoms with Gasteiger partial charge in [0.2, 0.25) is 0 Å². The Hall–Kier alpha value is -2.29. The lowest BCUT2D eigenvalue weighted by molar-refractivity contribution is -0.138. The Morgan fingerprint density at radius 1 is 1.17 bits per heavy atom. The van der Waals surface area contributed by atoms with E-state index in [1.807, 2.05) is 0 Å². The zero-order chi connectivity index (χ0) is 17.7. The molecule has 1 heterocycles. The number of aliphatic carboxylic acids is 1. The first kappa shape index (κ1) is 18.1. The fourth-order valence-electron chi connectivity index (χ4n) is 2.08. The molecule has 0 saturated carbocycles. The minimum absolute atomic E-state index is 0.249. The van der Waals surface area contributed by atoms with Gasteiger partial charge in [0.25, 0.3) is 5.91 Å². The number of carboxylic acids is 1. The molecule has 2 rings (SSSR count). The van der Waals surface area contributed by atoms with Crippen molar-refractivity contribution in [2.75, 3.05) is 0 Å². The van der Waals surface area contributed by atoms with Crippen molar-refractivity contribution < 1.29 is 14.7 Å². The summed E-state index contributed by atoms with van der Waals surface area (Å²) in [5, 5.41) is 17.4. The molecule has 1 unspecified atom stereocenters. The number of rotatable bonds is 7. The van der Waals surface area contributed by atoms with E-state index in [1.165, 1.54) is 6.20 Å². The predicted octanol–water partition coefficient (Wildman–Crippen LogP) is 1.15. The van der Waals surface area contributed by atoms with E-state index >= 15 is 0 Å². The van der Waals surface area contributed by atoms with Gasteiger partial charge in [-0.25, -0.2) is 0 Å². The van der Waals surface area contributed by atoms with Crippen molar-refractivity contribution in [1.29, 1.82) is 0 Å². The van der Waals surface area contributed by atoms with Crippen LogP contribution in [0.2, 0.25) is 5.02 Å². The Bertz CT molecular complexity index is 716. The van der Waals surface area contributed by atoms with Gasteiger partial charge in [-0.2, -0.15) is 5.10 Å². The van der Waals surface area contributed by atoms with Crippen molar-refractivity contribution in [3.63, 3.8) is 0 Å². The van der Waals surface area contributed by atoms with E-state index in [9.17, 15) is 9.59 Å². The zero-order valence-electron chi connectivity index (χ0n) is 12.8. The fraction of sp³-hybridized carbons (Fsp3) is 0.333. The van der Waals surface area contributed by atoms with Crippen LogP contribution in [0.3, 0.4) is 0 Å². The number of aromatic nitrogens is 3. The lowest BCUT2D eigenvalue weighted by Crippen LogP contribution is -2.37. The normalized spacial score (nSPS) is 13.5. The molecule has 128 valence electrons. The number of nitrogens with zero attached hydrogens (tertiary/aromatic N) is 3. The van der Waals surface area contributed by atoms with Crippen LogP contribution in [0.15, 0.2) is 30.5 Å². The van der Waals surface area contributed by atoms with Crippen LogP contribution in [-0.4, -0.2) is 44.1 Å². The average molecular weight is 352 g/mol. The van der Waals surface area contributed by atoms with E-state index in [0.717, 1.165) is 10.4 Å². The zero-order valence-corrected chi connectivity index (χ0v) is 13.6. The Morgan fingerprint density at radius 3 is 2.42 bits per heavy atom. The molecule has 9 heteroatoms. The Labute approximate surface area is 143 Å². The Balaban J connectivity index is 1.95. The van der Waals surface area contributed by atoms with Gasteiger partial charge in [-0.3, -0.25) is 9.59 Å². The molecule has 0 radical (unpaired) electrons. The quantitative estimate of drug-likeness (QED) is 0.680. The molecule has 0 aliphatic carbocycles. The predicted molar refractivity (Wildman–Crippen MR) is 88.5 cm³/mol. The second kappa shape index (κ2) is 8.00. The van der Waals surface area contributed by atoms with E-state index in [1.54, 1.807) is 24.3 Å². The van der Waals surface area contributed by atoms with Crippen LogP contribution >= 0.6 is 11.6 Å². The maximum Gasteiger partial charge on any atom is 0.320 e. The molecule has 2 aromatic rings. The SMILES string of the molecule is NC(CCC[C@H](N)C(=O)O)C(=O)n1ncc(-c2ccc(Cl)cc2)n1. The van der Waals surface area contributed by atoms with Crippen LogP contribution in [0, 0.1) is 0 Å². The van der Waals surface area contributed by atoms with E-state index in [2.05, 4.69) is 10.2 Å². The highest BCUT2D eigenvalue weighted by Gasteiger charge is 2.19. The number of carbonyl (C=O) groups excluding carboxylic acids is 1. The summed E-state index contributed by atoms with van der Waals surface area (Å²) in [4.78, 5) is 23.8. The maximum absolute atomic E-state index is 12.2. The van der Waals surface area contributed by atoms with Crippen LogP contribution in [0.4, 0.5) is 0 Å². The second-order valence-electron chi connectivity index (χ2n) is 5.35. The highest BCUT2D eigenvalue weighted by molar-refractivity contribution is 6.30. The second-order valence-corrected chi connectivity index (χ2v) is 5.78. The third-order valence-corrected chi connectivity index (χ3v) is 3.75. The summed E-state index contributed by atoms with van der Waals surface area (Å²) < 4.78 is 0. The molecule has 0 aliphatic heterocycles. The van der Waals surface area contributed by atoms with Gasteiger partial charge in [-0.1, -0.05) is 23.7 Å². The Morgan fingerprint density at radius 2 is 1.79 bits per heavy atom. The number of nitrogens with two attached hydrogens (primary N) is 2. The number of hydrogen-bond donors (Lipinski definition) is 3. The van der Waals surface area contributed by atoms with Crippen LogP contribution in [0.5, 0.6) is 0 Å². The first-order valence-corrected chi connectivity index (χ1v) is 7.72. The minimum atomic E-state index is -1.07. The van der Waals surface area contributed by atoms with Gasteiger partial charge in [0, 0.05) is 10.6 Å². The Kier molecular flexibility index (Phi) is 6.02. The van der Waals surface area contributed by atoms with Crippen molar-refractivity contribution >= 4 is 23.5 Å². The monoisotopic (exact) mass is 351 g/mol. The van der Waals surface area contributed by atoms with Gasteiger partial charge in [0.1, 0.15) is 11.7 Å². The topological polar surface area (TPSA) is 137 Å². The van der Waals surface area contributed by atoms with Crippen molar-refractivity contribution in [3.8, 4) is 11.3 Å². The maximum atomic E-state index is 12.2. The molecular weight excluding hydrogens is 334 g/mol. The highest BCUT2D eigenvalue weighted by atomic mass is 35.5. The fourth-order valence-corrected chi connectivity index (χ4v) is 2.20. The standard InChI is InChI=1S/C15H18ClN5O3/c16-10-6-4-9(5-7-10)13-8-19-21(20-13)14(22)11(17)2-1-3-12(18)15(23)24/h4-8,11-12H,1-3,17-18H2,(H,23,24)/t11?,12-/m0/s1. The lowest BCUT2D eigenvalue weighted by atomic mass is 10.1. The van der Waals surface area contributed by atoms with E-state index in [-0.39, 0.29) is 6.42 Å². The van der Waals surface area contributed by atoms with Crippen molar-refractivity contribution in [2.24, 2.45) is 11.5 Å². The molecule has 0 spiro atoms. The summed E-state index contributed by atoms with van der Waals surface area (Å²) >= 11 is 5.83. The molecule has 0 fully saturated rings. The molecule has 1 aromatic heterocycles. The van der Waals surface area contributed by atoms with Gasteiger partial charge >= 0.3 is 5.97 Å². The van der Waals surface area contributed by atoms with E-state index < -0.39 is 24.0 Å². The summed E-state index contributed by atoms with van der Waals surface area (Å²) in [6.45, 7) is 0. The molecule has 1 aromatic carbocycles. The minimum Gasteiger partial charge on any atom is -0.480 e. The molecule has 0 amide bonds. The summed E-state index contributed by atoms with van der Waals surface area (Å²) in [7, 11) is 0. The van der Waals surface area contributed by atoms with Crippen molar-refractivity contribution in [1.82, 2.24) is 15.0 Å². The first-order valence-electron chi connectivity index (χ1n) is 7.35. The van der Waals surface area contributed by atoms with E-state index in [0.29, 0.717) is 23.6 Å². The average Bonchev–Trinajstić information content (AvgIpc) is 3.04. The summed E-state index contributed by atoms with van der Waals surface area (Å²) in [5.41, 5.74) is 12.5. The number of hydrogen-bond acceptors (Lipinski definition) is 6. The van der Waals surface area contributed by atoms with Gasteiger partial charge in [-0.15, -0.1) is 9.90 Å². The summed E-state index contributed by atoms with van der Waals surface area (Å²) in [6, 6.07) is 5.20. The molecule has 0 aliphatic rings. The van der Waals surface area contributed by atoms with Crippen molar-refractivity contribution in [2.45, 2.75) is 31.3 Å². The molecule has 0 saturated heterocycles. The molecule has 0 bridgehead atoms. The third-order valence-electron chi connectivity index (χ3n) is 3.49. The van der Waals surface area contributed by atoms with E-state index in [4.69, 9.17) is 28.2 Å². The van der Waals surface area contributed by atoms with Crippen molar-refractivity contribution in [3.05, 3.63) is 35.5 Å². The first-order chi connectivity index (χ1) is 11.4. The third kappa shape index (κ3) is 4.60. The molecule has 5 N–H and O–H groups in total. The lowest BCUT2D eigenvalue weighted by Gasteiger charge is -2.10. The van der Waals surface area contributed by atoms with Gasteiger partial charge in [0.05, 0.1) is 12.2 Å². The van der Waals surface area contributed by atoms with Crippen LogP contribution in [-0.2, 0) is 4.79 Å². The molecule has 24 heavy (non-hydrogen) atoms. The van der Waals surface area contributed by atoms with Crippen LogP contribution < -0.4 is 11.5 Å². The van der Waals surface area contributed by atoms with Gasteiger partial charge < -0.3 is 16.6 Å². The number of carboxylic acid groups (broad SMARTS) is 1. The summed E-state index contributed by atoms with van der Waals surface area (Å²) in [6.07, 6.45) is 2.44. The smallest absolute Gasteiger partial charge is 0.320 e. The van der Waals surface area contributed by atoms with Gasteiger partial charge in [0.15, 0.2) is 0 Å². The number of carbonyl (C=O) groups is 2. The number of halogens is 1. The highest BCUT2D eigenvalue weighted by Crippen LogP contribution is 2.18. The molecular formula is C15H18ClN5O3. The van der Waals surface area contributed by atoms with Crippen LogP contribution in [0.1, 0.15) is 24.1 Å². The summed E-state index contributed by atoms with van der Waals surface area (Å²) in [5.74, 6) is -1.53. The van der Waals surface area contributed by atoms with Crippen LogP contribution in [0.25, 0.3) is 11.3 Å². The van der Waals surface area contributed by atoms with Gasteiger partial charge in [-0.05, 0) is 31.4 Å². The molecule has 8 nitrogen and oxygen atoms in total. The number of benzene rings is 1. The largest absolute Gasteiger partial charge is 0.480 e.